The fourth-order valence-corrected chi connectivity index (χ4v) is 2.99. The summed E-state index contributed by atoms with van der Waals surface area (Å²) in [5.41, 5.74) is -0.320. The van der Waals surface area contributed by atoms with E-state index in [1.54, 1.807) is 0 Å². The Labute approximate surface area is 111 Å². The van der Waals surface area contributed by atoms with E-state index in [9.17, 15) is 5.26 Å². The lowest BCUT2D eigenvalue weighted by atomic mass is 9.94. The molecule has 1 aliphatic carbocycles. The molecule has 1 N–H and O–H groups in total. The van der Waals surface area contributed by atoms with E-state index in [2.05, 4.69) is 28.2 Å². The molecule has 0 aromatic carbocycles. The second-order valence-electron chi connectivity index (χ2n) is 5.89. The highest BCUT2D eigenvalue weighted by atomic mass is 15.2. The average Bonchev–Trinajstić information content (AvgIpc) is 3.11. The molecule has 18 heavy (non-hydrogen) atoms. The van der Waals surface area contributed by atoms with Crippen molar-refractivity contribution in [1.82, 2.24) is 15.1 Å². The SMILES string of the molecule is CNC(C#N)(CN(C)CCN1CCCC1)C1CC1. The van der Waals surface area contributed by atoms with Gasteiger partial charge in [-0.15, -0.1) is 0 Å². The van der Waals surface area contributed by atoms with Gasteiger partial charge in [0.2, 0.25) is 0 Å². The van der Waals surface area contributed by atoms with Crippen molar-refractivity contribution < 1.29 is 0 Å². The normalized spacial score (nSPS) is 24.1. The molecule has 0 amide bonds. The number of nitriles is 1. The molecule has 1 atom stereocenters. The van der Waals surface area contributed by atoms with Gasteiger partial charge in [0.15, 0.2) is 0 Å². The summed E-state index contributed by atoms with van der Waals surface area (Å²) in [7, 11) is 4.07. The number of hydrogen-bond donors (Lipinski definition) is 1. The van der Waals surface area contributed by atoms with Gasteiger partial charge < -0.3 is 15.1 Å². The molecular weight excluding hydrogens is 224 g/mol. The molecule has 1 heterocycles. The van der Waals surface area contributed by atoms with Crippen LogP contribution in [0.2, 0.25) is 0 Å². The number of rotatable bonds is 7. The van der Waals surface area contributed by atoms with Gasteiger partial charge in [0, 0.05) is 19.6 Å². The molecule has 1 unspecified atom stereocenters. The van der Waals surface area contributed by atoms with E-state index in [0.717, 1.165) is 19.6 Å². The molecule has 2 rings (SSSR count). The largest absolute Gasteiger partial charge is 0.302 e. The third-order valence-corrected chi connectivity index (χ3v) is 4.44. The summed E-state index contributed by atoms with van der Waals surface area (Å²) in [5, 5.41) is 12.7. The minimum atomic E-state index is -0.320. The molecule has 0 aromatic heterocycles. The number of nitrogens with one attached hydrogen (secondary N) is 1. The zero-order valence-electron chi connectivity index (χ0n) is 11.8. The van der Waals surface area contributed by atoms with Crippen LogP contribution in [0.25, 0.3) is 0 Å². The lowest BCUT2D eigenvalue weighted by Gasteiger charge is -2.32. The van der Waals surface area contributed by atoms with Crippen molar-refractivity contribution in [3.8, 4) is 6.07 Å². The first-order valence-electron chi connectivity index (χ1n) is 7.21. The van der Waals surface area contributed by atoms with Crippen LogP contribution in [-0.2, 0) is 0 Å². The van der Waals surface area contributed by atoms with Gasteiger partial charge in [-0.2, -0.15) is 5.26 Å². The van der Waals surface area contributed by atoms with E-state index in [-0.39, 0.29) is 5.54 Å². The van der Waals surface area contributed by atoms with E-state index in [4.69, 9.17) is 0 Å². The predicted molar refractivity (Wildman–Crippen MR) is 73.3 cm³/mol. The van der Waals surface area contributed by atoms with Crippen molar-refractivity contribution in [2.24, 2.45) is 5.92 Å². The Balaban J connectivity index is 1.77. The standard InChI is InChI=1S/C14H26N4/c1-16-14(11-15,13-5-6-13)12-17(2)9-10-18-7-3-4-8-18/h13,16H,3-10,12H2,1-2H3. The van der Waals surface area contributed by atoms with E-state index >= 15 is 0 Å². The fraction of sp³-hybridized carbons (Fsp3) is 0.929. The van der Waals surface area contributed by atoms with Crippen LogP contribution in [0, 0.1) is 17.2 Å². The molecule has 4 nitrogen and oxygen atoms in total. The van der Waals surface area contributed by atoms with Crippen LogP contribution in [0.5, 0.6) is 0 Å². The Morgan fingerprint density at radius 2 is 2.06 bits per heavy atom. The van der Waals surface area contributed by atoms with Crippen molar-refractivity contribution in [3.05, 3.63) is 0 Å². The lowest BCUT2D eigenvalue weighted by Crippen LogP contribution is -2.53. The molecule has 0 aromatic rings. The highest BCUT2D eigenvalue weighted by Gasteiger charge is 2.45. The fourth-order valence-electron chi connectivity index (χ4n) is 2.99. The maximum Gasteiger partial charge on any atom is 0.122 e. The van der Waals surface area contributed by atoms with Gasteiger partial charge in [-0.3, -0.25) is 0 Å². The van der Waals surface area contributed by atoms with Crippen LogP contribution in [0.1, 0.15) is 25.7 Å². The average molecular weight is 250 g/mol. The van der Waals surface area contributed by atoms with Crippen molar-refractivity contribution in [1.29, 1.82) is 5.26 Å². The second-order valence-corrected chi connectivity index (χ2v) is 5.89. The second kappa shape index (κ2) is 6.01. The van der Waals surface area contributed by atoms with Gasteiger partial charge in [0.25, 0.3) is 0 Å². The molecule has 1 saturated carbocycles. The van der Waals surface area contributed by atoms with E-state index in [1.165, 1.54) is 38.8 Å². The third-order valence-electron chi connectivity index (χ3n) is 4.44. The molecule has 1 aliphatic heterocycles. The number of hydrogen-bond acceptors (Lipinski definition) is 4. The Kier molecular flexibility index (Phi) is 4.60. The van der Waals surface area contributed by atoms with E-state index in [1.807, 2.05) is 7.05 Å². The highest BCUT2D eigenvalue weighted by Crippen LogP contribution is 2.39. The summed E-state index contributed by atoms with van der Waals surface area (Å²) >= 11 is 0. The minimum Gasteiger partial charge on any atom is -0.302 e. The van der Waals surface area contributed by atoms with Crippen LogP contribution < -0.4 is 5.32 Å². The zero-order valence-corrected chi connectivity index (χ0v) is 11.8. The first-order valence-corrected chi connectivity index (χ1v) is 7.21. The predicted octanol–water partition coefficient (Wildman–Crippen LogP) is 0.906. The summed E-state index contributed by atoms with van der Waals surface area (Å²) in [5.74, 6) is 0.557. The molecule has 102 valence electrons. The number of likely N-dealkylation sites (tertiary alicyclic amines) is 1. The molecule has 0 bridgehead atoms. The van der Waals surface area contributed by atoms with Crippen molar-refractivity contribution in [3.63, 3.8) is 0 Å². The van der Waals surface area contributed by atoms with Crippen molar-refractivity contribution in [2.45, 2.75) is 31.2 Å². The minimum absolute atomic E-state index is 0.320. The Morgan fingerprint density at radius 1 is 1.39 bits per heavy atom. The van der Waals surface area contributed by atoms with Gasteiger partial charge in [0.1, 0.15) is 5.54 Å². The smallest absolute Gasteiger partial charge is 0.122 e. The van der Waals surface area contributed by atoms with Crippen LogP contribution >= 0.6 is 0 Å². The van der Waals surface area contributed by atoms with Gasteiger partial charge in [-0.25, -0.2) is 0 Å². The number of nitrogens with zero attached hydrogens (tertiary/aromatic N) is 3. The molecule has 0 radical (unpaired) electrons. The van der Waals surface area contributed by atoms with Gasteiger partial charge in [0.05, 0.1) is 6.07 Å². The van der Waals surface area contributed by atoms with E-state index in [0.29, 0.717) is 5.92 Å². The van der Waals surface area contributed by atoms with Gasteiger partial charge in [-0.05, 0) is 58.8 Å². The van der Waals surface area contributed by atoms with Crippen LogP contribution in [-0.4, -0.2) is 62.2 Å². The van der Waals surface area contributed by atoms with Gasteiger partial charge >= 0.3 is 0 Å². The van der Waals surface area contributed by atoms with Gasteiger partial charge in [-0.1, -0.05) is 0 Å². The molecule has 0 spiro atoms. The Hall–Kier alpha value is -0.630. The Morgan fingerprint density at radius 3 is 2.56 bits per heavy atom. The molecule has 1 saturated heterocycles. The topological polar surface area (TPSA) is 42.3 Å². The molecule has 2 aliphatic rings. The molecular formula is C14H26N4. The molecule has 4 heteroatoms. The summed E-state index contributed by atoms with van der Waals surface area (Å²) in [6, 6.07) is 2.52. The van der Waals surface area contributed by atoms with Crippen LogP contribution in [0.3, 0.4) is 0 Å². The zero-order chi connectivity index (χ0) is 13.0. The van der Waals surface area contributed by atoms with Crippen molar-refractivity contribution >= 4 is 0 Å². The summed E-state index contributed by atoms with van der Waals surface area (Å²) in [6.45, 7) is 5.57. The number of likely N-dealkylation sites (N-methyl/N-ethyl adjacent to an activating group) is 2. The highest BCUT2D eigenvalue weighted by molar-refractivity contribution is 5.16. The van der Waals surface area contributed by atoms with Crippen LogP contribution in [0.4, 0.5) is 0 Å². The van der Waals surface area contributed by atoms with E-state index < -0.39 is 0 Å². The monoisotopic (exact) mass is 250 g/mol. The maximum atomic E-state index is 9.47. The lowest BCUT2D eigenvalue weighted by molar-refractivity contribution is 0.208. The van der Waals surface area contributed by atoms with Crippen LogP contribution in [0.15, 0.2) is 0 Å². The maximum absolute atomic E-state index is 9.47. The third kappa shape index (κ3) is 3.23. The first kappa shape index (κ1) is 13.8. The molecule has 2 fully saturated rings. The quantitative estimate of drug-likeness (QED) is 0.729. The van der Waals surface area contributed by atoms with Crippen molar-refractivity contribution in [2.75, 3.05) is 46.8 Å². The summed E-state index contributed by atoms with van der Waals surface area (Å²) < 4.78 is 0. The first-order chi connectivity index (χ1) is 8.70. The summed E-state index contributed by atoms with van der Waals surface area (Å²) in [4.78, 5) is 4.84. The Bertz CT molecular complexity index is 301. The summed E-state index contributed by atoms with van der Waals surface area (Å²) in [6.07, 6.45) is 5.11.